The molecule has 0 fully saturated rings. The van der Waals surface area contributed by atoms with Gasteiger partial charge in [0.15, 0.2) is 0 Å². The van der Waals surface area contributed by atoms with Crippen LogP contribution in [-0.4, -0.2) is 221 Å². The molecule has 18 nitrogen and oxygen atoms in total. The molecule has 0 aliphatic heterocycles. The quantitative estimate of drug-likeness (QED) is 0.0171. The number of amides is 1. The second-order valence-electron chi connectivity index (χ2n) is 46.5. The summed E-state index contributed by atoms with van der Waals surface area (Å²) in [6, 6.07) is 0. The van der Waals surface area contributed by atoms with Crippen LogP contribution < -0.4 is 21.3 Å². The van der Waals surface area contributed by atoms with Crippen LogP contribution in [0.5, 0.6) is 0 Å². The van der Waals surface area contributed by atoms with Crippen molar-refractivity contribution >= 4 is 23.8 Å². The van der Waals surface area contributed by atoms with Crippen LogP contribution in [0, 0.1) is 0 Å². The molecule has 3 unspecified atom stereocenters. The van der Waals surface area contributed by atoms with Gasteiger partial charge in [0.25, 0.3) is 0 Å². The summed E-state index contributed by atoms with van der Waals surface area (Å²) >= 11 is 0. The summed E-state index contributed by atoms with van der Waals surface area (Å²) in [6.45, 7) is 31.1. The Labute approximate surface area is 929 Å². The molecular formula is C131H266N8O10. The smallest absolute Gasteiger partial charge is 0.320 e. The highest BCUT2D eigenvalue weighted by Gasteiger charge is 2.24. The Morgan fingerprint density at radius 1 is 0.188 bits per heavy atom. The third-order valence-corrected chi connectivity index (χ3v) is 31.0. The van der Waals surface area contributed by atoms with Crippen LogP contribution in [-0.2, 0) is 33.4 Å². The van der Waals surface area contributed by atoms with Gasteiger partial charge in [-0.3, -0.25) is 24.1 Å². The normalized spacial score (nSPS) is 12.4. The van der Waals surface area contributed by atoms with Crippen molar-refractivity contribution < 1.29 is 48.7 Å². The lowest BCUT2D eigenvalue weighted by atomic mass is 10.1. The van der Waals surface area contributed by atoms with E-state index in [4.69, 9.17) is 14.2 Å². The lowest BCUT2D eigenvalue weighted by Gasteiger charge is -2.29. The second kappa shape index (κ2) is 129. The highest BCUT2D eigenvalue weighted by atomic mass is 16.5. The van der Waals surface area contributed by atoms with E-state index >= 15 is 0 Å². The first kappa shape index (κ1) is 149. The minimum atomic E-state index is -0.765. The molecule has 18 heteroatoms. The Hall–Kier alpha value is -2.52. The number of nitrogens with zero attached hydrogens (tertiary/aromatic N) is 4. The van der Waals surface area contributed by atoms with E-state index in [2.05, 4.69) is 91.4 Å². The molecule has 0 aromatic carbocycles. The van der Waals surface area contributed by atoms with Gasteiger partial charge in [0.2, 0.25) is 5.91 Å². The van der Waals surface area contributed by atoms with E-state index in [9.17, 15) is 34.5 Å². The van der Waals surface area contributed by atoms with Crippen LogP contribution in [0.25, 0.3) is 0 Å². The van der Waals surface area contributed by atoms with Gasteiger partial charge in [-0.2, -0.15) is 0 Å². The van der Waals surface area contributed by atoms with Gasteiger partial charge in [-0.15, -0.1) is 0 Å². The van der Waals surface area contributed by atoms with Gasteiger partial charge in [-0.25, -0.2) is 0 Å². The molecule has 0 aromatic heterocycles. The van der Waals surface area contributed by atoms with E-state index in [1.165, 1.54) is 520 Å². The van der Waals surface area contributed by atoms with Crippen molar-refractivity contribution in [2.75, 3.05) is 144 Å². The van der Waals surface area contributed by atoms with Crippen LogP contribution in [0.4, 0.5) is 0 Å². The number of ether oxygens (including phenoxy) is 3. The molecule has 0 radical (unpaired) electrons. The van der Waals surface area contributed by atoms with E-state index in [1.54, 1.807) is 4.90 Å². The molecule has 0 aliphatic carbocycles. The van der Waals surface area contributed by atoms with Gasteiger partial charge in [0, 0.05) is 45.8 Å². The van der Waals surface area contributed by atoms with Crippen LogP contribution >= 0.6 is 0 Å². The van der Waals surface area contributed by atoms with E-state index < -0.39 is 18.3 Å². The summed E-state index contributed by atoms with van der Waals surface area (Å²) < 4.78 is 17.1. The second-order valence-corrected chi connectivity index (χ2v) is 46.5. The minimum Gasteiger partial charge on any atom is -0.465 e. The Bertz CT molecular complexity index is 2520. The molecule has 3 atom stereocenters. The molecule has 0 saturated carbocycles. The van der Waals surface area contributed by atoms with E-state index in [0.29, 0.717) is 59.1 Å². The molecule has 149 heavy (non-hydrogen) atoms. The van der Waals surface area contributed by atoms with Gasteiger partial charge in [0.1, 0.15) is 0 Å². The van der Waals surface area contributed by atoms with Gasteiger partial charge >= 0.3 is 17.9 Å². The molecule has 0 heterocycles. The van der Waals surface area contributed by atoms with Crippen molar-refractivity contribution in [2.45, 2.75) is 677 Å². The first-order valence-corrected chi connectivity index (χ1v) is 67.1. The third-order valence-electron chi connectivity index (χ3n) is 31.0. The largest absolute Gasteiger partial charge is 0.465 e. The Kier molecular flexibility index (Phi) is 128. The summed E-state index contributed by atoms with van der Waals surface area (Å²) in [7, 11) is 0. The summed E-state index contributed by atoms with van der Waals surface area (Å²) in [4.78, 5) is 60.9. The maximum atomic E-state index is 13.4. The van der Waals surface area contributed by atoms with E-state index in [1.807, 2.05) is 0 Å². The monoisotopic (exact) mass is 2110 g/mol. The number of nitrogens with one attached hydrogen (secondary N) is 4. The molecule has 0 aliphatic rings. The first-order chi connectivity index (χ1) is 73.3. The predicted octanol–water partition coefficient (Wildman–Crippen LogP) is 34.6. The zero-order valence-corrected chi connectivity index (χ0v) is 102. The maximum absolute atomic E-state index is 13.4. The lowest BCUT2D eigenvalue weighted by molar-refractivity contribution is -0.149. The van der Waals surface area contributed by atoms with Crippen LogP contribution in [0.1, 0.15) is 659 Å². The maximum Gasteiger partial charge on any atom is 0.320 e. The average Bonchev–Trinajstić information content (AvgIpc) is 0.910. The summed E-state index contributed by atoms with van der Waals surface area (Å²) in [5.41, 5.74) is 0. The number of esters is 3. The van der Waals surface area contributed by atoms with Crippen molar-refractivity contribution in [3.63, 3.8) is 0 Å². The fourth-order valence-corrected chi connectivity index (χ4v) is 21.2. The number of hydrogen-bond donors (Lipinski definition) is 7. The highest BCUT2D eigenvalue weighted by molar-refractivity contribution is 5.78. The molecule has 890 valence electrons. The standard InChI is InChI=1S/C80H160N4O8.C51H106N4O2/c1-6-11-16-21-26-31-36-38-40-45-50-55-62-82(71-76(85)69-81-70-78(87)90-66-59-52-47-42-33-28-23-18-13-8-3)64-57-58-65-83(63-56-51-46-41-39-37-32-27-22-17-12-7-2)72-77(86)73-84(74-79(88)91-67-60-53-48-43-34-29-24-19-14-9-4)75-80(89)92-68-61-54-49-44-35-30-25-20-15-10-5;1-4-7-10-13-16-19-22-25-28-31-34-37-42-52-43-39-41-46-55(45-40-36-33-30-27-24-21-18-15-12-9-6-3)49-50(56)47-53-48-51(57)54-44-38-35-32-29-26-23-20-17-14-11-8-5-2/h76-77,81,85-86H,6-75H2,1-5H3;50,52-53,56H,4-49H2,1-3H3,(H,54,57). The highest BCUT2D eigenvalue weighted by Crippen LogP contribution is 2.23. The van der Waals surface area contributed by atoms with Crippen LogP contribution in [0.3, 0.4) is 0 Å². The summed E-state index contributed by atoms with van der Waals surface area (Å²) in [5, 5.41) is 47.4. The SMILES string of the molecule is CCCCCCCCCCCCCCN(CCCCN(CCCCCCCCCCCCCC)CC(O)CN(CC(=O)OCCCCCCCCCCCC)CC(=O)OCCCCCCCCCCCC)CC(O)CNCC(=O)OCCCCCCCCCCCC.CCCCCCCCCCCCCCNCCCCN(CCCCCCCCCCCCCC)CC(O)CNCC(=O)NCCCCCCCCCCCCCC. The Balaban J connectivity index is 0. The van der Waals surface area contributed by atoms with E-state index in [0.717, 1.165) is 142 Å². The van der Waals surface area contributed by atoms with Crippen molar-refractivity contribution in [3.8, 4) is 0 Å². The van der Waals surface area contributed by atoms with Gasteiger partial charge in [-0.05, 0) is 129 Å². The van der Waals surface area contributed by atoms with Gasteiger partial charge in [-0.1, -0.05) is 582 Å². The van der Waals surface area contributed by atoms with Crippen molar-refractivity contribution in [3.05, 3.63) is 0 Å². The number of aliphatic hydroxyl groups is 3. The zero-order chi connectivity index (χ0) is 108. The number of unbranched alkanes of at least 4 members (excludes halogenated alkanes) is 84. The zero-order valence-electron chi connectivity index (χ0n) is 102. The summed E-state index contributed by atoms with van der Waals surface area (Å²) in [5.74, 6) is -0.901. The van der Waals surface area contributed by atoms with Gasteiger partial charge < -0.3 is 65.5 Å². The Morgan fingerprint density at radius 2 is 0.362 bits per heavy atom. The van der Waals surface area contributed by atoms with E-state index in [-0.39, 0.29) is 50.0 Å². The number of hydrogen-bond acceptors (Lipinski definition) is 17. The summed E-state index contributed by atoms with van der Waals surface area (Å²) in [6.07, 6.45) is 120. The molecule has 0 spiro atoms. The minimum absolute atomic E-state index is 0.0506. The number of rotatable bonds is 128. The van der Waals surface area contributed by atoms with Crippen molar-refractivity contribution in [1.29, 1.82) is 0 Å². The fraction of sp³-hybridized carbons (Fsp3) is 0.969. The average molecular weight is 2110 g/mol. The van der Waals surface area contributed by atoms with Crippen molar-refractivity contribution in [2.24, 2.45) is 0 Å². The van der Waals surface area contributed by atoms with Gasteiger partial charge in [0.05, 0.1) is 64.3 Å². The van der Waals surface area contributed by atoms with Crippen LogP contribution in [0.2, 0.25) is 0 Å². The molecule has 0 bridgehead atoms. The molecular weight excluding hydrogens is 1850 g/mol. The molecule has 0 saturated heterocycles. The molecule has 7 N–H and O–H groups in total. The first-order valence-electron chi connectivity index (χ1n) is 67.1. The fourth-order valence-electron chi connectivity index (χ4n) is 21.2. The molecule has 0 rings (SSSR count). The lowest BCUT2D eigenvalue weighted by Crippen LogP contribution is -2.45. The third kappa shape index (κ3) is 124. The topological polar surface area (TPSA) is 218 Å². The number of carbonyl (C=O) groups is 4. The molecule has 1 amide bonds. The Morgan fingerprint density at radius 3 is 0.611 bits per heavy atom. The molecule has 0 aromatic rings. The van der Waals surface area contributed by atoms with Crippen LogP contribution in [0.15, 0.2) is 0 Å². The number of aliphatic hydroxyl groups excluding tert-OH is 3. The number of carbonyl (C=O) groups excluding carboxylic acids is 4. The predicted molar refractivity (Wildman–Crippen MR) is 648 cm³/mol. The van der Waals surface area contributed by atoms with Crippen molar-refractivity contribution in [1.82, 2.24) is 40.9 Å².